The van der Waals surface area contributed by atoms with Crippen LogP contribution in [0.2, 0.25) is 0 Å². The van der Waals surface area contributed by atoms with Crippen LogP contribution in [-0.4, -0.2) is 36.3 Å². The van der Waals surface area contributed by atoms with E-state index in [1.807, 2.05) is 35.7 Å². The molecule has 0 radical (unpaired) electrons. The van der Waals surface area contributed by atoms with E-state index in [4.69, 9.17) is 0 Å². The fourth-order valence-electron chi connectivity index (χ4n) is 1.69. The molecule has 3 rings (SSSR count). The molecule has 0 saturated heterocycles. The molecule has 112 valence electrons. The third-order valence-corrected chi connectivity index (χ3v) is 4.48. The molecule has 7 nitrogen and oxygen atoms in total. The summed E-state index contributed by atoms with van der Waals surface area (Å²) in [6.07, 6.45) is 1.65. The summed E-state index contributed by atoms with van der Waals surface area (Å²) in [5.41, 5.74) is 0.850. The molecule has 1 atom stereocenters. The third-order valence-electron chi connectivity index (χ3n) is 2.76. The lowest BCUT2D eigenvalue weighted by molar-refractivity contribution is -0.115. The van der Waals surface area contributed by atoms with Crippen LogP contribution in [0.5, 0.6) is 0 Å². The summed E-state index contributed by atoms with van der Waals surface area (Å²) in [6.45, 7) is 1.80. The maximum atomic E-state index is 12.1. The molecule has 0 aliphatic rings. The highest BCUT2D eigenvalue weighted by Crippen LogP contribution is 2.24. The highest BCUT2D eigenvalue weighted by molar-refractivity contribution is 8.00. The first-order valence-corrected chi connectivity index (χ1v) is 8.21. The van der Waals surface area contributed by atoms with Crippen LogP contribution in [0.1, 0.15) is 6.92 Å². The number of hydrogen-bond acceptors (Lipinski definition) is 7. The SMILES string of the molecule is CC(Sc1nnnn1-c1ccccc1)C(=O)Nc1nccs1. The van der Waals surface area contributed by atoms with Crippen LogP contribution in [0.3, 0.4) is 0 Å². The first-order chi connectivity index (χ1) is 10.7. The van der Waals surface area contributed by atoms with Gasteiger partial charge in [0.1, 0.15) is 0 Å². The molecule has 3 aromatic rings. The maximum Gasteiger partial charge on any atom is 0.239 e. The molecule has 0 bridgehead atoms. The lowest BCUT2D eigenvalue weighted by Gasteiger charge is -2.10. The summed E-state index contributed by atoms with van der Waals surface area (Å²) in [4.78, 5) is 16.2. The van der Waals surface area contributed by atoms with Crippen LogP contribution < -0.4 is 5.32 Å². The number of anilines is 1. The fourth-order valence-corrected chi connectivity index (χ4v) is 3.03. The Hall–Kier alpha value is -2.26. The molecule has 1 amide bonds. The normalized spacial score (nSPS) is 12.0. The van der Waals surface area contributed by atoms with Crippen molar-refractivity contribution in [3.8, 4) is 5.69 Å². The van der Waals surface area contributed by atoms with Gasteiger partial charge in [-0.1, -0.05) is 30.0 Å². The molecule has 0 saturated carbocycles. The second kappa shape index (κ2) is 6.67. The van der Waals surface area contributed by atoms with Gasteiger partial charge in [0.05, 0.1) is 10.9 Å². The lowest BCUT2D eigenvalue weighted by atomic mass is 10.3. The van der Waals surface area contributed by atoms with Crippen molar-refractivity contribution in [2.45, 2.75) is 17.3 Å². The number of benzene rings is 1. The molecule has 0 fully saturated rings. The number of aromatic nitrogens is 5. The topological polar surface area (TPSA) is 85.6 Å². The first-order valence-electron chi connectivity index (χ1n) is 6.45. The van der Waals surface area contributed by atoms with E-state index >= 15 is 0 Å². The number of carbonyl (C=O) groups is 1. The number of nitrogens with one attached hydrogen (secondary N) is 1. The number of carbonyl (C=O) groups excluding carboxylic acids is 1. The van der Waals surface area contributed by atoms with Crippen LogP contribution in [0.4, 0.5) is 5.13 Å². The van der Waals surface area contributed by atoms with E-state index in [0.717, 1.165) is 5.69 Å². The minimum Gasteiger partial charge on any atom is -0.301 e. The Morgan fingerprint density at radius 1 is 1.36 bits per heavy atom. The van der Waals surface area contributed by atoms with E-state index < -0.39 is 0 Å². The van der Waals surface area contributed by atoms with E-state index in [9.17, 15) is 4.79 Å². The Morgan fingerprint density at radius 3 is 2.91 bits per heavy atom. The molecule has 0 spiro atoms. The summed E-state index contributed by atoms with van der Waals surface area (Å²) in [5, 5.41) is 17.0. The van der Waals surface area contributed by atoms with Crippen LogP contribution in [0, 0.1) is 0 Å². The molecule has 1 unspecified atom stereocenters. The molecule has 0 aliphatic heterocycles. The van der Waals surface area contributed by atoms with Gasteiger partial charge in [-0.2, -0.15) is 4.68 Å². The Labute approximate surface area is 134 Å². The average molecular weight is 332 g/mol. The molecule has 0 aliphatic carbocycles. The largest absolute Gasteiger partial charge is 0.301 e. The quantitative estimate of drug-likeness (QED) is 0.721. The van der Waals surface area contributed by atoms with Gasteiger partial charge in [0.15, 0.2) is 5.13 Å². The minimum absolute atomic E-state index is 0.137. The molecule has 2 aromatic heterocycles. The highest BCUT2D eigenvalue weighted by Gasteiger charge is 2.19. The van der Waals surface area contributed by atoms with E-state index in [2.05, 4.69) is 25.8 Å². The van der Waals surface area contributed by atoms with Gasteiger partial charge in [-0.15, -0.1) is 16.4 Å². The Balaban J connectivity index is 1.71. The molecule has 1 aromatic carbocycles. The number of rotatable bonds is 5. The summed E-state index contributed by atoms with van der Waals surface area (Å²) in [5.74, 6) is -0.137. The van der Waals surface area contributed by atoms with Gasteiger partial charge in [0, 0.05) is 11.6 Å². The zero-order valence-corrected chi connectivity index (χ0v) is 13.2. The van der Waals surface area contributed by atoms with E-state index in [-0.39, 0.29) is 11.2 Å². The highest BCUT2D eigenvalue weighted by atomic mass is 32.2. The smallest absolute Gasteiger partial charge is 0.239 e. The van der Waals surface area contributed by atoms with Crippen LogP contribution in [-0.2, 0) is 4.79 Å². The van der Waals surface area contributed by atoms with Crippen molar-refractivity contribution in [2.24, 2.45) is 0 Å². The van der Waals surface area contributed by atoms with Crippen molar-refractivity contribution < 1.29 is 4.79 Å². The van der Waals surface area contributed by atoms with E-state index in [1.165, 1.54) is 23.1 Å². The van der Waals surface area contributed by atoms with Crippen molar-refractivity contribution in [2.75, 3.05) is 5.32 Å². The zero-order chi connectivity index (χ0) is 15.4. The zero-order valence-electron chi connectivity index (χ0n) is 11.6. The van der Waals surface area contributed by atoms with Gasteiger partial charge in [-0.3, -0.25) is 4.79 Å². The number of thiazole rings is 1. The van der Waals surface area contributed by atoms with Crippen LogP contribution in [0.15, 0.2) is 47.1 Å². The Morgan fingerprint density at radius 2 is 2.18 bits per heavy atom. The summed E-state index contributed by atoms with van der Waals surface area (Å²) in [6, 6.07) is 9.54. The predicted octanol–water partition coefficient (Wildman–Crippen LogP) is 2.24. The maximum absolute atomic E-state index is 12.1. The third kappa shape index (κ3) is 3.31. The Bertz CT molecular complexity index is 743. The number of amides is 1. The van der Waals surface area contributed by atoms with Crippen LogP contribution in [0.25, 0.3) is 5.69 Å². The minimum atomic E-state index is -0.350. The second-order valence-electron chi connectivity index (χ2n) is 4.30. The average Bonchev–Trinajstić information content (AvgIpc) is 3.19. The molecule has 9 heteroatoms. The standard InChI is InChI=1S/C13H12N6OS2/c1-9(11(20)15-12-14-7-8-21-12)22-13-16-17-18-19(13)10-5-3-2-4-6-10/h2-9H,1H3,(H,14,15,20). The summed E-state index contributed by atoms with van der Waals surface area (Å²) >= 11 is 2.67. The number of tetrazole rings is 1. The van der Waals surface area contributed by atoms with Crippen molar-refractivity contribution in [1.29, 1.82) is 0 Å². The van der Waals surface area contributed by atoms with Crippen molar-refractivity contribution in [3.63, 3.8) is 0 Å². The fraction of sp³-hybridized carbons (Fsp3) is 0.154. The van der Waals surface area contributed by atoms with Gasteiger partial charge < -0.3 is 5.32 Å². The van der Waals surface area contributed by atoms with Crippen molar-refractivity contribution >= 4 is 34.1 Å². The summed E-state index contributed by atoms with van der Waals surface area (Å²) < 4.78 is 1.61. The number of nitrogens with zero attached hydrogens (tertiary/aromatic N) is 5. The van der Waals surface area contributed by atoms with Gasteiger partial charge in [0.25, 0.3) is 0 Å². The van der Waals surface area contributed by atoms with Gasteiger partial charge in [-0.25, -0.2) is 4.98 Å². The van der Waals surface area contributed by atoms with Gasteiger partial charge in [0.2, 0.25) is 11.1 Å². The van der Waals surface area contributed by atoms with Crippen molar-refractivity contribution in [1.82, 2.24) is 25.2 Å². The second-order valence-corrected chi connectivity index (χ2v) is 6.50. The Kier molecular flexibility index (Phi) is 4.45. The molecular weight excluding hydrogens is 320 g/mol. The molecule has 22 heavy (non-hydrogen) atoms. The van der Waals surface area contributed by atoms with Crippen molar-refractivity contribution in [3.05, 3.63) is 41.9 Å². The number of para-hydroxylation sites is 1. The van der Waals surface area contributed by atoms with Gasteiger partial charge >= 0.3 is 0 Å². The van der Waals surface area contributed by atoms with E-state index in [0.29, 0.717) is 10.3 Å². The molecule has 2 heterocycles. The van der Waals surface area contributed by atoms with Crippen LogP contribution >= 0.6 is 23.1 Å². The number of hydrogen-bond donors (Lipinski definition) is 1. The summed E-state index contributed by atoms with van der Waals surface area (Å²) in [7, 11) is 0. The molecule has 1 N–H and O–H groups in total. The lowest BCUT2D eigenvalue weighted by Crippen LogP contribution is -2.22. The predicted molar refractivity (Wildman–Crippen MR) is 85.2 cm³/mol. The van der Waals surface area contributed by atoms with E-state index in [1.54, 1.807) is 17.8 Å². The number of thioether (sulfide) groups is 1. The molecular formula is C13H12N6OS2. The van der Waals surface area contributed by atoms with Gasteiger partial charge in [-0.05, 0) is 29.5 Å². The monoisotopic (exact) mass is 332 g/mol. The first kappa shape index (κ1) is 14.7.